The summed E-state index contributed by atoms with van der Waals surface area (Å²) in [6, 6.07) is 0.253. The van der Waals surface area contributed by atoms with E-state index in [0.29, 0.717) is 6.54 Å². The van der Waals surface area contributed by atoms with Crippen molar-refractivity contribution in [3.05, 3.63) is 0 Å². The number of amidine groups is 1. The van der Waals surface area contributed by atoms with E-state index in [1.807, 2.05) is 6.92 Å². The summed E-state index contributed by atoms with van der Waals surface area (Å²) >= 11 is 0. The smallest absolute Gasteiger partial charge is 0.153 e. The fraction of sp³-hybridized carbons (Fsp3) is 0.875. The van der Waals surface area contributed by atoms with Crippen LogP contribution in [0.15, 0.2) is 5.16 Å². The van der Waals surface area contributed by atoms with Gasteiger partial charge in [0.05, 0.1) is 12.6 Å². The highest BCUT2D eigenvalue weighted by molar-refractivity contribution is 5.81. The Morgan fingerprint density at radius 2 is 2.62 bits per heavy atom. The Bertz CT molecular complexity index is 178. The molecule has 2 unspecified atom stereocenters. The summed E-state index contributed by atoms with van der Waals surface area (Å²) < 4.78 is 5.47. The quantitative estimate of drug-likeness (QED) is 0.248. The van der Waals surface area contributed by atoms with E-state index in [2.05, 4.69) is 10.5 Å². The van der Waals surface area contributed by atoms with Gasteiger partial charge in [-0.05, 0) is 19.8 Å². The summed E-state index contributed by atoms with van der Waals surface area (Å²) in [4.78, 5) is 0. The first-order valence-electron chi connectivity index (χ1n) is 4.55. The molecule has 76 valence electrons. The molecule has 2 atom stereocenters. The van der Waals surface area contributed by atoms with Crippen LogP contribution in [0.5, 0.6) is 0 Å². The highest BCUT2D eigenvalue weighted by Gasteiger charge is 2.21. The van der Waals surface area contributed by atoms with Gasteiger partial charge < -0.3 is 21.0 Å². The molecule has 1 fully saturated rings. The van der Waals surface area contributed by atoms with Crippen LogP contribution in [0.4, 0.5) is 0 Å². The number of hydrogen-bond acceptors (Lipinski definition) is 4. The largest absolute Gasteiger partial charge is 0.409 e. The van der Waals surface area contributed by atoms with Crippen LogP contribution in [0.3, 0.4) is 0 Å². The molecule has 13 heavy (non-hydrogen) atoms. The summed E-state index contributed by atoms with van der Waals surface area (Å²) in [5.74, 6) is 0.199. The number of nitrogens with one attached hydrogen (secondary N) is 1. The molecule has 0 aromatic carbocycles. The second-order valence-electron chi connectivity index (χ2n) is 3.31. The number of nitrogens with two attached hydrogens (primary N) is 1. The van der Waals surface area contributed by atoms with E-state index >= 15 is 0 Å². The standard InChI is InChI=1S/C8H17N3O2/c1-6(7-3-2-4-13-7)10-5-8(9)11-12/h6-7,10,12H,2-5H2,1H3,(H2,9,11). The number of nitrogens with zero attached hydrogens (tertiary/aromatic N) is 1. The van der Waals surface area contributed by atoms with Crippen LogP contribution >= 0.6 is 0 Å². The number of oxime groups is 1. The molecular formula is C8H17N3O2. The van der Waals surface area contributed by atoms with Crippen molar-refractivity contribution in [2.75, 3.05) is 13.2 Å². The zero-order chi connectivity index (χ0) is 9.68. The van der Waals surface area contributed by atoms with Crippen molar-refractivity contribution in [2.24, 2.45) is 10.9 Å². The van der Waals surface area contributed by atoms with Crippen molar-refractivity contribution in [1.82, 2.24) is 5.32 Å². The highest BCUT2D eigenvalue weighted by atomic mass is 16.5. The second kappa shape index (κ2) is 5.04. The van der Waals surface area contributed by atoms with E-state index < -0.39 is 0 Å². The third kappa shape index (κ3) is 3.20. The van der Waals surface area contributed by atoms with E-state index in [0.717, 1.165) is 19.4 Å². The van der Waals surface area contributed by atoms with Crippen molar-refractivity contribution < 1.29 is 9.94 Å². The first-order chi connectivity index (χ1) is 6.24. The van der Waals surface area contributed by atoms with E-state index in [-0.39, 0.29) is 18.0 Å². The third-order valence-electron chi connectivity index (χ3n) is 2.26. The van der Waals surface area contributed by atoms with Crippen LogP contribution in [-0.4, -0.2) is 36.3 Å². The van der Waals surface area contributed by atoms with E-state index in [1.54, 1.807) is 0 Å². The van der Waals surface area contributed by atoms with Gasteiger partial charge in [-0.2, -0.15) is 0 Å². The van der Waals surface area contributed by atoms with Crippen LogP contribution in [0.2, 0.25) is 0 Å². The first-order valence-corrected chi connectivity index (χ1v) is 4.55. The molecule has 0 aromatic rings. The molecule has 1 aliphatic rings. The topological polar surface area (TPSA) is 79.9 Å². The van der Waals surface area contributed by atoms with Gasteiger partial charge in [-0.3, -0.25) is 0 Å². The fourth-order valence-corrected chi connectivity index (χ4v) is 1.43. The van der Waals surface area contributed by atoms with Gasteiger partial charge in [0.2, 0.25) is 0 Å². The summed E-state index contributed by atoms with van der Waals surface area (Å²) in [7, 11) is 0. The lowest BCUT2D eigenvalue weighted by molar-refractivity contribution is 0.0851. The molecule has 5 nitrogen and oxygen atoms in total. The van der Waals surface area contributed by atoms with Crippen LogP contribution in [0.1, 0.15) is 19.8 Å². The number of hydrogen-bond donors (Lipinski definition) is 3. The molecule has 1 aliphatic heterocycles. The Balaban J connectivity index is 2.20. The zero-order valence-electron chi connectivity index (χ0n) is 7.86. The molecule has 0 radical (unpaired) electrons. The molecule has 0 saturated carbocycles. The lowest BCUT2D eigenvalue weighted by Crippen LogP contribution is -2.41. The monoisotopic (exact) mass is 187 g/mol. The molecule has 5 heteroatoms. The van der Waals surface area contributed by atoms with Crippen LogP contribution < -0.4 is 11.1 Å². The van der Waals surface area contributed by atoms with E-state index in [9.17, 15) is 0 Å². The van der Waals surface area contributed by atoms with Crippen molar-refractivity contribution >= 4 is 5.84 Å². The van der Waals surface area contributed by atoms with E-state index in [1.165, 1.54) is 0 Å². The van der Waals surface area contributed by atoms with Gasteiger partial charge in [0.15, 0.2) is 5.84 Å². The Morgan fingerprint density at radius 1 is 1.85 bits per heavy atom. The number of ether oxygens (including phenoxy) is 1. The molecule has 0 aliphatic carbocycles. The van der Waals surface area contributed by atoms with Gasteiger partial charge >= 0.3 is 0 Å². The number of rotatable bonds is 4. The van der Waals surface area contributed by atoms with Gasteiger partial charge in [0, 0.05) is 12.6 Å². The normalized spacial score (nSPS) is 26.2. The minimum Gasteiger partial charge on any atom is -0.409 e. The van der Waals surface area contributed by atoms with Gasteiger partial charge in [-0.1, -0.05) is 5.16 Å². The minimum absolute atomic E-state index is 0.199. The molecular weight excluding hydrogens is 170 g/mol. The Morgan fingerprint density at radius 3 is 3.15 bits per heavy atom. The third-order valence-corrected chi connectivity index (χ3v) is 2.26. The predicted octanol–water partition coefficient (Wildman–Crippen LogP) is -0.110. The maximum atomic E-state index is 8.30. The summed E-state index contributed by atoms with van der Waals surface area (Å²) in [6.07, 6.45) is 2.48. The lowest BCUT2D eigenvalue weighted by Gasteiger charge is -2.19. The van der Waals surface area contributed by atoms with Crippen molar-refractivity contribution in [3.63, 3.8) is 0 Å². The Labute approximate surface area is 77.9 Å². The van der Waals surface area contributed by atoms with Gasteiger partial charge in [-0.25, -0.2) is 0 Å². The maximum absolute atomic E-state index is 8.30. The van der Waals surface area contributed by atoms with Gasteiger partial charge in [-0.15, -0.1) is 0 Å². The summed E-state index contributed by atoms with van der Waals surface area (Å²) in [5, 5.41) is 14.3. The summed E-state index contributed by atoms with van der Waals surface area (Å²) in [6.45, 7) is 3.29. The van der Waals surface area contributed by atoms with Crippen LogP contribution in [0, 0.1) is 0 Å². The maximum Gasteiger partial charge on any atom is 0.153 e. The lowest BCUT2D eigenvalue weighted by atomic mass is 10.1. The molecule has 0 bridgehead atoms. The molecule has 0 spiro atoms. The molecule has 4 N–H and O–H groups in total. The van der Waals surface area contributed by atoms with Crippen molar-refractivity contribution in [2.45, 2.75) is 31.9 Å². The van der Waals surface area contributed by atoms with Crippen molar-refractivity contribution in [3.8, 4) is 0 Å². The zero-order valence-corrected chi connectivity index (χ0v) is 7.86. The van der Waals surface area contributed by atoms with Gasteiger partial charge in [0.25, 0.3) is 0 Å². The van der Waals surface area contributed by atoms with Crippen LogP contribution in [0.25, 0.3) is 0 Å². The molecule has 0 aromatic heterocycles. The van der Waals surface area contributed by atoms with E-state index in [4.69, 9.17) is 15.7 Å². The highest BCUT2D eigenvalue weighted by Crippen LogP contribution is 2.14. The minimum atomic E-state index is 0.199. The van der Waals surface area contributed by atoms with Gasteiger partial charge in [0.1, 0.15) is 0 Å². The molecule has 1 saturated heterocycles. The SMILES string of the molecule is CC(NCC(N)=NO)C1CCCO1. The molecule has 1 heterocycles. The second-order valence-corrected chi connectivity index (χ2v) is 3.31. The fourth-order valence-electron chi connectivity index (χ4n) is 1.43. The van der Waals surface area contributed by atoms with Crippen molar-refractivity contribution in [1.29, 1.82) is 0 Å². The summed E-state index contributed by atoms with van der Waals surface area (Å²) in [5.41, 5.74) is 5.32. The first kappa shape index (κ1) is 10.3. The molecule has 1 rings (SSSR count). The Hall–Kier alpha value is -0.810. The van der Waals surface area contributed by atoms with Crippen LogP contribution in [-0.2, 0) is 4.74 Å². The predicted molar refractivity (Wildman–Crippen MR) is 49.8 cm³/mol. The average Bonchev–Trinajstić information content (AvgIpc) is 2.66. The average molecular weight is 187 g/mol. The Kier molecular flexibility index (Phi) is 3.98. The molecule has 0 amide bonds.